The van der Waals surface area contributed by atoms with Crippen LogP contribution in [0.15, 0.2) is 54.6 Å². The highest BCUT2D eigenvalue weighted by Crippen LogP contribution is 2.60. The van der Waals surface area contributed by atoms with E-state index in [9.17, 15) is 0 Å². The molecule has 2 spiro atoms. The third-order valence-electron chi connectivity index (χ3n) is 8.84. The summed E-state index contributed by atoms with van der Waals surface area (Å²) in [5.41, 5.74) is 21.0. The second-order valence-electron chi connectivity index (χ2n) is 9.84. The maximum Gasteiger partial charge on any atom is 0.0403 e. The van der Waals surface area contributed by atoms with Crippen LogP contribution >= 0.6 is 0 Å². The summed E-state index contributed by atoms with van der Waals surface area (Å²) in [6.45, 7) is 0. The van der Waals surface area contributed by atoms with Gasteiger partial charge in [0.25, 0.3) is 0 Å². The fourth-order valence-corrected chi connectivity index (χ4v) is 7.71. The van der Waals surface area contributed by atoms with E-state index in [0.29, 0.717) is 0 Å². The minimum Gasteiger partial charge on any atom is -0.398 e. The summed E-state index contributed by atoms with van der Waals surface area (Å²) in [5, 5.41) is 0. The molecule has 1 nitrogen and oxygen atoms in total. The van der Waals surface area contributed by atoms with Gasteiger partial charge in [-0.05, 0) is 95.9 Å². The number of rotatable bonds is 0. The summed E-state index contributed by atoms with van der Waals surface area (Å²) < 4.78 is 0. The van der Waals surface area contributed by atoms with Crippen LogP contribution in [-0.4, -0.2) is 0 Å². The van der Waals surface area contributed by atoms with Crippen molar-refractivity contribution >= 4 is 5.69 Å². The Morgan fingerprint density at radius 1 is 0.552 bits per heavy atom. The first-order valence-corrected chi connectivity index (χ1v) is 11.3. The lowest BCUT2D eigenvalue weighted by Crippen LogP contribution is -2.27. The molecule has 3 aromatic rings. The van der Waals surface area contributed by atoms with E-state index in [1.807, 2.05) is 0 Å². The molecule has 4 aliphatic rings. The van der Waals surface area contributed by atoms with Crippen LogP contribution in [0.1, 0.15) is 70.2 Å². The maximum atomic E-state index is 7.21. The van der Waals surface area contributed by atoms with Crippen LogP contribution in [0, 0.1) is 0 Å². The van der Waals surface area contributed by atoms with Crippen molar-refractivity contribution in [3.8, 4) is 0 Å². The monoisotopic (exact) mass is 377 g/mol. The molecule has 0 saturated carbocycles. The van der Waals surface area contributed by atoms with Crippen LogP contribution in [0.5, 0.6) is 0 Å². The van der Waals surface area contributed by atoms with E-state index in [1.54, 1.807) is 33.4 Å². The molecule has 144 valence electrons. The number of fused-ring (bicyclic) bond motifs is 8. The number of anilines is 1. The second-order valence-corrected chi connectivity index (χ2v) is 9.84. The number of nitrogen functional groups attached to an aromatic ring is 1. The van der Waals surface area contributed by atoms with Crippen LogP contribution < -0.4 is 5.73 Å². The Balaban J connectivity index is 1.49. The Morgan fingerprint density at radius 3 is 1.45 bits per heavy atom. The summed E-state index contributed by atoms with van der Waals surface area (Å²) in [4.78, 5) is 0. The van der Waals surface area contributed by atoms with Crippen LogP contribution in [0.4, 0.5) is 5.69 Å². The average molecular weight is 378 g/mol. The van der Waals surface area contributed by atoms with Gasteiger partial charge in [0.05, 0.1) is 0 Å². The zero-order valence-corrected chi connectivity index (χ0v) is 16.9. The predicted octanol–water partition coefficient (Wildman–Crippen LogP) is 5.63. The maximum absolute atomic E-state index is 7.21. The number of aryl methyl sites for hydroxylation is 4. The fraction of sp³-hybridized carbons (Fsp3) is 0.357. The summed E-state index contributed by atoms with van der Waals surface area (Å²) in [6, 6.07) is 20.8. The van der Waals surface area contributed by atoms with Gasteiger partial charge in [0.2, 0.25) is 0 Å². The smallest absolute Gasteiger partial charge is 0.0403 e. The van der Waals surface area contributed by atoms with Crippen LogP contribution in [-0.2, 0) is 36.5 Å². The molecule has 7 rings (SSSR count). The van der Waals surface area contributed by atoms with Crippen molar-refractivity contribution in [1.29, 1.82) is 0 Å². The Bertz CT molecular complexity index is 1100. The molecule has 0 saturated heterocycles. The molecule has 3 aromatic carbocycles. The van der Waals surface area contributed by atoms with Crippen LogP contribution in [0.25, 0.3) is 0 Å². The molecule has 0 fully saturated rings. The summed E-state index contributed by atoms with van der Waals surface area (Å²) in [5.74, 6) is 0. The van der Waals surface area contributed by atoms with Crippen LogP contribution in [0.3, 0.4) is 0 Å². The first-order valence-electron chi connectivity index (χ1n) is 11.3. The molecule has 29 heavy (non-hydrogen) atoms. The minimum atomic E-state index is 0.160. The molecule has 2 N–H and O–H groups in total. The highest BCUT2D eigenvalue weighted by Gasteiger charge is 2.51. The lowest BCUT2D eigenvalue weighted by atomic mass is 9.71. The molecule has 0 bridgehead atoms. The summed E-state index contributed by atoms with van der Waals surface area (Å²) >= 11 is 0. The Morgan fingerprint density at radius 2 is 0.966 bits per heavy atom. The van der Waals surface area contributed by atoms with Gasteiger partial charge in [-0.2, -0.15) is 0 Å². The largest absolute Gasteiger partial charge is 0.398 e. The first kappa shape index (κ1) is 16.3. The predicted molar refractivity (Wildman–Crippen MR) is 119 cm³/mol. The molecule has 0 aliphatic heterocycles. The van der Waals surface area contributed by atoms with Gasteiger partial charge >= 0.3 is 0 Å². The third-order valence-corrected chi connectivity index (χ3v) is 8.84. The molecular formula is C28H27N. The molecule has 0 amide bonds. The molecule has 0 radical (unpaired) electrons. The van der Waals surface area contributed by atoms with E-state index in [4.69, 9.17) is 5.73 Å². The van der Waals surface area contributed by atoms with E-state index < -0.39 is 0 Å². The number of hydrogen-bond donors (Lipinski definition) is 1. The highest BCUT2D eigenvalue weighted by atomic mass is 14.7. The second kappa shape index (κ2) is 5.33. The van der Waals surface area contributed by atoms with Crippen molar-refractivity contribution in [2.24, 2.45) is 0 Å². The molecule has 4 aliphatic carbocycles. The summed E-state index contributed by atoms with van der Waals surface area (Å²) in [7, 11) is 0. The average Bonchev–Trinajstić information content (AvgIpc) is 3.50. The molecule has 1 heteroatoms. The SMILES string of the molecule is Nc1c2c(cc3c1C1(CCc4ccccc41)CC3)CCC21CCc2ccccc21. The van der Waals surface area contributed by atoms with Crippen molar-refractivity contribution in [2.45, 2.75) is 62.2 Å². The van der Waals surface area contributed by atoms with Crippen molar-refractivity contribution in [3.05, 3.63) is 99.1 Å². The standard InChI is InChI=1S/C28H27N/c29-26-24-20(11-15-27(24)13-9-18-5-1-3-7-22(18)27)17-21-12-16-28(25(21)26)14-10-19-6-2-4-8-23(19)28/h1-8,17H,9-16,29H2. The Labute approximate surface area is 173 Å². The van der Waals surface area contributed by atoms with Gasteiger partial charge < -0.3 is 5.73 Å². The topological polar surface area (TPSA) is 26.0 Å². The van der Waals surface area contributed by atoms with Gasteiger partial charge in [0, 0.05) is 16.5 Å². The van der Waals surface area contributed by atoms with E-state index in [0.717, 1.165) is 5.69 Å². The van der Waals surface area contributed by atoms with Crippen molar-refractivity contribution in [3.63, 3.8) is 0 Å². The van der Waals surface area contributed by atoms with Gasteiger partial charge in [0.15, 0.2) is 0 Å². The molecular weight excluding hydrogens is 350 g/mol. The Kier molecular flexibility index (Phi) is 2.99. The first-order chi connectivity index (χ1) is 14.2. The fourth-order valence-electron chi connectivity index (χ4n) is 7.71. The van der Waals surface area contributed by atoms with E-state index in [2.05, 4.69) is 54.6 Å². The number of hydrogen-bond acceptors (Lipinski definition) is 1. The number of benzene rings is 3. The molecule has 0 aromatic heterocycles. The highest BCUT2D eigenvalue weighted by molar-refractivity contribution is 5.74. The lowest BCUT2D eigenvalue weighted by Gasteiger charge is -2.33. The van der Waals surface area contributed by atoms with Crippen LogP contribution in [0.2, 0.25) is 0 Å². The molecule has 2 atom stereocenters. The van der Waals surface area contributed by atoms with Gasteiger partial charge in [0.1, 0.15) is 0 Å². The van der Waals surface area contributed by atoms with Gasteiger partial charge in [-0.1, -0.05) is 54.6 Å². The van der Waals surface area contributed by atoms with E-state index >= 15 is 0 Å². The zero-order valence-electron chi connectivity index (χ0n) is 16.9. The zero-order chi connectivity index (χ0) is 19.2. The van der Waals surface area contributed by atoms with Crippen molar-refractivity contribution in [2.75, 3.05) is 5.73 Å². The normalized spacial score (nSPS) is 28.0. The minimum absolute atomic E-state index is 0.160. The van der Waals surface area contributed by atoms with Crippen molar-refractivity contribution in [1.82, 2.24) is 0 Å². The van der Waals surface area contributed by atoms with Gasteiger partial charge in [-0.15, -0.1) is 0 Å². The third kappa shape index (κ3) is 1.83. The van der Waals surface area contributed by atoms with E-state index in [1.165, 1.54) is 62.5 Å². The van der Waals surface area contributed by atoms with Crippen molar-refractivity contribution < 1.29 is 0 Å². The Hall–Kier alpha value is -2.54. The number of nitrogens with two attached hydrogens (primary N) is 1. The lowest BCUT2D eigenvalue weighted by molar-refractivity contribution is 0.498. The summed E-state index contributed by atoms with van der Waals surface area (Å²) in [6.07, 6.45) is 9.68. The van der Waals surface area contributed by atoms with E-state index in [-0.39, 0.29) is 10.8 Å². The van der Waals surface area contributed by atoms with Gasteiger partial charge in [-0.3, -0.25) is 0 Å². The quantitative estimate of drug-likeness (QED) is 0.505. The van der Waals surface area contributed by atoms with Gasteiger partial charge in [-0.25, -0.2) is 0 Å². The molecule has 0 heterocycles. The molecule has 2 unspecified atom stereocenters.